The Morgan fingerprint density at radius 1 is 1.17 bits per heavy atom. The summed E-state index contributed by atoms with van der Waals surface area (Å²) in [4.78, 5) is 0. The van der Waals surface area contributed by atoms with Gasteiger partial charge in [-0.15, -0.1) is 0 Å². The Kier molecular flexibility index (Phi) is 2.64. The predicted octanol–water partition coefficient (Wildman–Crippen LogP) is 1.88. The Hall–Kier alpha value is -0.673. The molecule has 0 bridgehead atoms. The molecule has 0 atom stereocenters. The van der Waals surface area contributed by atoms with Crippen LogP contribution in [0, 0.1) is 5.82 Å². The van der Waals surface area contributed by atoms with E-state index in [2.05, 4.69) is 13.1 Å². The van der Waals surface area contributed by atoms with Crippen molar-refractivity contribution in [1.82, 2.24) is 0 Å². The predicted molar refractivity (Wildman–Crippen MR) is 50.5 cm³/mol. The van der Waals surface area contributed by atoms with Crippen LogP contribution in [0.15, 0.2) is 24.3 Å². The Bertz CT molecular complexity index is 256. The first-order valence-electron chi connectivity index (χ1n) is 3.87. The van der Waals surface area contributed by atoms with Crippen LogP contribution in [0.5, 0.6) is 0 Å². The largest absolute Gasteiger partial charge is 0.416 e. The van der Waals surface area contributed by atoms with E-state index in [1.807, 2.05) is 0 Å². The molecule has 0 fully saturated rings. The molecule has 0 heterocycles. The lowest BCUT2D eigenvalue weighted by molar-refractivity contribution is 0.416. The van der Waals surface area contributed by atoms with Crippen molar-refractivity contribution in [3.05, 3.63) is 30.1 Å². The molecule has 1 aromatic rings. The van der Waals surface area contributed by atoms with Gasteiger partial charge in [-0.3, -0.25) is 0 Å². The van der Waals surface area contributed by atoms with E-state index in [1.54, 1.807) is 19.2 Å². The van der Waals surface area contributed by atoms with Crippen molar-refractivity contribution in [3.63, 3.8) is 0 Å². The van der Waals surface area contributed by atoms with E-state index in [-0.39, 0.29) is 5.82 Å². The van der Waals surface area contributed by atoms with Crippen LogP contribution in [0.3, 0.4) is 0 Å². The summed E-state index contributed by atoms with van der Waals surface area (Å²) in [5.41, 5.74) is 0. The van der Waals surface area contributed by atoms with Crippen LogP contribution in [-0.2, 0) is 4.43 Å². The third kappa shape index (κ3) is 1.93. The van der Waals surface area contributed by atoms with Gasteiger partial charge in [-0.05, 0) is 30.4 Å². The van der Waals surface area contributed by atoms with E-state index in [0.29, 0.717) is 0 Å². The van der Waals surface area contributed by atoms with E-state index in [1.165, 1.54) is 12.1 Å². The Morgan fingerprint density at radius 2 is 1.67 bits per heavy atom. The fourth-order valence-corrected chi connectivity index (χ4v) is 2.17. The zero-order valence-electron chi connectivity index (χ0n) is 7.60. The minimum absolute atomic E-state index is 0.195. The second kappa shape index (κ2) is 3.37. The van der Waals surface area contributed by atoms with Crippen LogP contribution in [0.4, 0.5) is 4.39 Å². The lowest BCUT2D eigenvalue weighted by atomic mass is 10.3. The molecule has 0 aliphatic rings. The molecule has 0 aromatic heterocycles. The third-order valence-corrected chi connectivity index (χ3v) is 4.79. The normalized spacial score (nSPS) is 11.7. The maximum Gasteiger partial charge on any atom is 0.217 e. The zero-order chi connectivity index (χ0) is 9.19. The van der Waals surface area contributed by atoms with Crippen LogP contribution >= 0.6 is 0 Å². The molecule has 1 aromatic carbocycles. The molecule has 0 amide bonds. The van der Waals surface area contributed by atoms with Gasteiger partial charge in [-0.25, -0.2) is 4.39 Å². The summed E-state index contributed by atoms with van der Waals surface area (Å²) in [7, 11) is -0.0390. The summed E-state index contributed by atoms with van der Waals surface area (Å²) in [6.07, 6.45) is 0. The highest BCUT2D eigenvalue weighted by atomic mass is 28.4. The van der Waals surface area contributed by atoms with Gasteiger partial charge in [0.05, 0.1) is 0 Å². The Labute approximate surface area is 73.3 Å². The highest BCUT2D eigenvalue weighted by Crippen LogP contribution is 2.04. The van der Waals surface area contributed by atoms with E-state index in [0.717, 1.165) is 5.19 Å². The molecule has 66 valence electrons. The van der Waals surface area contributed by atoms with Crippen molar-refractivity contribution in [2.24, 2.45) is 0 Å². The van der Waals surface area contributed by atoms with Gasteiger partial charge in [0, 0.05) is 7.11 Å². The van der Waals surface area contributed by atoms with Gasteiger partial charge in [0.25, 0.3) is 0 Å². The maximum atomic E-state index is 12.6. The summed E-state index contributed by atoms with van der Waals surface area (Å²) >= 11 is 0. The van der Waals surface area contributed by atoms with Crippen molar-refractivity contribution in [3.8, 4) is 0 Å². The zero-order valence-corrected chi connectivity index (χ0v) is 8.60. The topological polar surface area (TPSA) is 9.23 Å². The lowest BCUT2D eigenvalue weighted by Crippen LogP contribution is -2.43. The number of benzene rings is 1. The summed E-state index contributed by atoms with van der Waals surface area (Å²) in [6.45, 7) is 4.17. The molecule has 0 spiro atoms. The van der Waals surface area contributed by atoms with Gasteiger partial charge < -0.3 is 4.43 Å². The fraction of sp³-hybridized carbons (Fsp3) is 0.333. The van der Waals surface area contributed by atoms with Crippen LogP contribution in [-0.4, -0.2) is 15.4 Å². The molecule has 0 saturated carbocycles. The second-order valence-corrected chi connectivity index (χ2v) is 7.23. The lowest BCUT2D eigenvalue weighted by Gasteiger charge is -2.19. The van der Waals surface area contributed by atoms with Gasteiger partial charge in [-0.2, -0.15) is 0 Å². The van der Waals surface area contributed by atoms with Crippen molar-refractivity contribution in [2.75, 3.05) is 7.11 Å². The molecule has 0 aliphatic carbocycles. The van der Waals surface area contributed by atoms with Gasteiger partial charge >= 0.3 is 0 Å². The standard InChI is InChI=1S/C9H13FOSi/c1-11-12(2,3)9-6-4-8(10)5-7-9/h4-7H,1-3H3. The van der Waals surface area contributed by atoms with Crippen molar-refractivity contribution in [2.45, 2.75) is 13.1 Å². The van der Waals surface area contributed by atoms with Gasteiger partial charge in [0.2, 0.25) is 8.32 Å². The first-order chi connectivity index (χ1) is 5.56. The van der Waals surface area contributed by atoms with Gasteiger partial charge in [-0.1, -0.05) is 12.1 Å². The number of rotatable bonds is 2. The Morgan fingerprint density at radius 3 is 2.08 bits per heavy atom. The van der Waals surface area contributed by atoms with Gasteiger partial charge in [0.1, 0.15) is 5.82 Å². The number of halogens is 1. The quantitative estimate of drug-likeness (QED) is 0.638. The van der Waals surface area contributed by atoms with Crippen LogP contribution < -0.4 is 5.19 Å². The summed E-state index contributed by atoms with van der Waals surface area (Å²) < 4.78 is 17.9. The highest BCUT2D eigenvalue weighted by molar-refractivity contribution is 6.84. The van der Waals surface area contributed by atoms with Crippen LogP contribution in [0.1, 0.15) is 0 Å². The molecular formula is C9H13FOSi. The molecule has 12 heavy (non-hydrogen) atoms. The summed E-state index contributed by atoms with van der Waals surface area (Å²) in [5.74, 6) is -0.195. The summed E-state index contributed by atoms with van der Waals surface area (Å²) in [5, 5.41) is 1.12. The Balaban J connectivity index is 2.96. The van der Waals surface area contributed by atoms with Crippen molar-refractivity contribution in [1.29, 1.82) is 0 Å². The minimum Gasteiger partial charge on any atom is -0.416 e. The monoisotopic (exact) mass is 184 g/mol. The molecule has 1 nitrogen and oxygen atoms in total. The molecule has 1 rings (SSSR count). The number of hydrogen-bond donors (Lipinski definition) is 0. The van der Waals surface area contributed by atoms with Crippen molar-refractivity contribution < 1.29 is 8.82 Å². The van der Waals surface area contributed by atoms with E-state index in [4.69, 9.17) is 4.43 Å². The average Bonchev–Trinajstić information content (AvgIpc) is 2.05. The smallest absolute Gasteiger partial charge is 0.217 e. The molecular weight excluding hydrogens is 171 g/mol. The number of hydrogen-bond acceptors (Lipinski definition) is 1. The van der Waals surface area contributed by atoms with E-state index in [9.17, 15) is 4.39 Å². The fourth-order valence-electron chi connectivity index (χ4n) is 0.969. The summed E-state index contributed by atoms with van der Waals surface area (Å²) in [6, 6.07) is 6.54. The molecule has 0 aliphatic heterocycles. The molecule has 0 N–H and O–H groups in total. The van der Waals surface area contributed by atoms with Crippen molar-refractivity contribution >= 4 is 13.5 Å². The van der Waals surface area contributed by atoms with E-state index < -0.39 is 8.32 Å². The van der Waals surface area contributed by atoms with Crippen LogP contribution in [0.2, 0.25) is 13.1 Å². The van der Waals surface area contributed by atoms with E-state index >= 15 is 0 Å². The maximum absolute atomic E-state index is 12.6. The molecule has 0 saturated heterocycles. The van der Waals surface area contributed by atoms with Crippen LogP contribution in [0.25, 0.3) is 0 Å². The molecule has 0 unspecified atom stereocenters. The highest BCUT2D eigenvalue weighted by Gasteiger charge is 2.22. The first kappa shape index (κ1) is 9.42. The average molecular weight is 184 g/mol. The third-order valence-electron chi connectivity index (χ3n) is 2.05. The molecule has 3 heteroatoms. The first-order valence-corrected chi connectivity index (χ1v) is 6.78. The molecule has 0 radical (unpaired) electrons. The SMILES string of the molecule is CO[Si](C)(C)c1ccc(F)cc1. The van der Waals surface area contributed by atoms with Gasteiger partial charge in [0.15, 0.2) is 0 Å². The second-order valence-electron chi connectivity index (χ2n) is 3.22. The minimum atomic E-state index is -1.74.